The monoisotopic (exact) mass is 511 g/mol. The van der Waals surface area contributed by atoms with Gasteiger partial charge in [-0.1, -0.05) is 24.3 Å². The van der Waals surface area contributed by atoms with Gasteiger partial charge in [-0.3, -0.25) is 4.99 Å². The van der Waals surface area contributed by atoms with E-state index in [0.29, 0.717) is 12.5 Å². The minimum Gasteiger partial charge on any atom is -0.486 e. The number of ether oxygens (including phenoxy) is 1. The minimum atomic E-state index is -0.358. The number of fused-ring (bicyclic) bond motifs is 1. The molecule has 0 aliphatic heterocycles. The quantitative estimate of drug-likeness (QED) is 0.209. The van der Waals surface area contributed by atoms with Crippen LogP contribution >= 0.6 is 24.0 Å². The topological polar surface area (TPSA) is 63.5 Å². The highest BCUT2D eigenvalue weighted by Crippen LogP contribution is 2.16. The Morgan fingerprint density at radius 3 is 2.72 bits per heavy atom. The van der Waals surface area contributed by atoms with E-state index in [9.17, 15) is 4.39 Å². The van der Waals surface area contributed by atoms with E-state index in [0.717, 1.165) is 30.5 Å². The molecule has 0 aliphatic carbocycles. The minimum absolute atomic E-state index is 0. The first-order chi connectivity index (χ1) is 13.7. The number of aliphatic imine (C=N–C) groups is 1. The van der Waals surface area contributed by atoms with Crippen LogP contribution in [0.15, 0.2) is 59.9 Å². The van der Waals surface area contributed by atoms with Crippen molar-refractivity contribution in [3.63, 3.8) is 0 Å². The fourth-order valence-electron chi connectivity index (χ4n) is 2.90. The number of aryl methyl sites for hydroxylation is 1. The number of hydrogen-bond donors (Lipinski definition) is 2. The van der Waals surface area contributed by atoms with Gasteiger partial charge in [0.15, 0.2) is 17.5 Å². The van der Waals surface area contributed by atoms with E-state index in [-0.39, 0.29) is 41.6 Å². The fourth-order valence-corrected chi connectivity index (χ4v) is 2.90. The lowest BCUT2D eigenvalue weighted by molar-refractivity contribution is 0.214. The smallest absolute Gasteiger partial charge is 0.191 e. The molecule has 0 fully saturated rings. The molecule has 0 bridgehead atoms. The first-order valence-corrected chi connectivity index (χ1v) is 9.43. The third-order valence-corrected chi connectivity index (χ3v) is 4.34. The number of hydrogen-bond acceptors (Lipinski definition) is 3. The van der Waals surface area contributed by atoms with E-state index in [1.54, 1.807) is 25.2 Å². The molecule has 3 aromatic rings. The summed E-state index contributed by atoms with van der Waals surface area (Å²) in [5.74, 6) is 0.593. The zero-order valence-corrected chi connectivity index (χ0v) is 19.0. The number of nitrogens with one attached hydrogen (secondary N) is 2. The van der Waals surface area contributed by atoms with Crippen LogP contribution in [0, 0.1) is 5.82 Å². The normalized spacial score (nSPS) is 12.3. The van der Waals surface area contributed by atoms with Crippen LogP contribution in [0.2, 0.25) is 0 Å². The van der Waals surface area contributed by atoms with Gasteiger partial charge in [0.1, 0.15) is 6.10 Å². The summed E-state index contributed by atoms with van der Waals surface area (Å²) in [5.41, 5.74) is 2.15. The number of benzene rings is 2. The highest BCUT2D eigenvalue weighted by Gasteiger charge is 2.09. The predicted octanol–water partition coefficient (Wildman–Crippen LogP) is 3.82. The van der Waals surface area contributed by atoms with E-state index >= 15 is 0 Å². The molecular weight excluding hydrogens is 484 g/mol. The number of aromatic nitrogens is 2. The summed E-state index contributed by atoms with van der Waals surface area (Å²) < 4.78 is 21.4. The predicted molar refractivity (Wildman–Crippen MR) is 126 cm³/mol. The maximum Gasteiger partial charge on any atom is 0.191 e. The van der Waals surface area contributed by atoms with Gasteiger partial charge >= 0.3 is 0 Å². The summed E-state index contributed by atoms with van der Waals surface area (Å²) in [6, 6.07) is 14.5. The summed E-state index contributed by atoms with van der Waals surface area (Å²) in [6.45, 7) is 4.04. The standard InChI is InChI=1S/C21H26FN5O.HI/c1-16(28-20-11-6-3-8-17(20)22)14-25-21(23-2)24-12-7-13-27-15-26-18-9-4-5-10-19(18)27;/h3-6,8-11,15-16H,7,12-14H2,1-2H3,(H2,23,24,25);1H. The number of rotatable bonds is 8. The van der Waals surface area contributed by atoms with Crippen LogP contribution < -0.4 is 15.4 Å². The van der Waals surface area contributed by atoms with E-state index in [1.165, 1.54) is 6.07 Å². The van der Waals surface area contributed by atoms with Crippen molar-refractivity contribution in [2.24, 2.45) is 4.99 Å². The summed E-state index contributed by atoms with van der Waals surface area (Å²) >= 11 is 0. The lowest BCUT2D eigenvalue weighted by atomic mass is 10.3. The molecule has 8 heteroatoms. The van der Waals surface area contributed by atoms with Crippen molar-refractivity contribution >= 4 is 41.0 Å². The van der Waals surface area contributed by atoms with Crippen molar-refractivity contribution in [2.45, 2.75) is 26.0 Å². The zero-order valence-electron chi connectivity index (χ0n) is 16.6. The van der Waals surface area contributed by atoms with Gasteiger partial charge in [0.25, 0.3) is 0 Å². The largest absolute Gasteiger partial charge is 0.486 e. The molecule has 156 valence electrons. The molecule has 1 atom stereocenters. The third kappa shape index (κ3) is 6.59. The maximum absolute atomic E-state index is 13.6. The molecule has 0 radical (unpaired) electrons. The summed E-state index contributed by atoms with van der Waals surface area (Å²) in [7, 11) is 1.72. The summed E-state index contributed by atoms with van der Waals surface area (Å²) in [6.07, 6.45) is 2.61. The number of imidazole rings is 1. The summed E-state index contributed by atoms with van der Waals surface area (Å²) in [4.78, 5) is 8.62. The molecule has 29 heavy (non-hydrogen) atoms. The molecule has 1 heterocycles. The van der Waals surface area contributed by atoms with Crippen LogP contribution in [0.3, 0.4) is 0 Å². The van der Waals surface area contributed by atoms with Crippen molar-refractivity contribution < 1.29 is 9.13 Å². The van der Waals surface area contributed by atoms with E-state index in [4.69, 9.17) is 4.74 Å². The SMILES string of the molecule is CN=C(NCCCn1cnc2ccccc21)NCC(C)Oc1ccccc1F.I. The van der Waals surface area contributed by atoms with Gasteiger partial charge in [-0.15, -0.1) is 24.0 Å². The Hall–Kier alpha value is -2.36. The second-order valence-corrected chi connectivity index (χ2v) is 6.52. The Kier molecular flexibility index (Phi) is 9.17. The average molecular weight is 511 g/mol. The third-order valence-electron chi connectivity index (χ3n) is 4.34. The van der Waals surface area contributed by atoms with Gasteiger partial charge in [-0.25, -0.2) is 9.37 Å². The lowest BCUT2D eigenvalue weighted by Gasteiger charge is -2.18. The van der Waals surface area contributed by atoms with Gasteiger partial charge in [0, 0.05) is 20.1 Å². The second-order valence-electron chi connectivity index (χ2n) is 6.52. The van der Waals surface area contributed by atoms with E-state index in [1.807, 2.05) is 31.5 Å². The van der Waals surface area contributed by atoms with E-state index in [2.05, 4.69) is 31.2 Å². The van der Waals surface area contributed by atoms with Crippen molar-refractivity contribution in [3.05, 3.63) is 60.7 Å². The maximum atomic E-state index is 13.6. The van der Waals surface area contributed by atoms with Gasteiger partial charge < -0.3 is 19.9 Å². The molecule has 6 nitrogen and oxygen atoms in total. The lowest BCUT2D eigenvalue weighted by Crippen LogP contribution is -2.42. The van der Waals surface area contributed by atoms with Crippen molar-refractivity contribution in [1.29, 1.82) is 0 Å². The molecule has 3 rings (SSSR count). The van der Waals surface area contributed by atoms with Crippen molar-refractivity contribution in [2.75, 3.05) is 20.1 Å². The molecule has 1 aromatic heterocycles. The first kappa shape index (κ1) is 22.9. The molecular formula is C21H27FIN5O. The molecule has 0 saturated heterocycles. The highest BCUT2D eigenvalue weighted by molar-refractivity contribution is 14.0. The van der Waals surface area contributed by atoms with Crippen LogP contribution in [-0.2, 0) is 6.54 Å². The van der Waals surface area contributed by atoms with Gasteiger partial charge in [-0.05, 0) is 37.6 Å². The Morgan fingerprint density at radius 1 is 1.17 bits per heavy atom. The van der Waals surface area contributed by atoms with Crippen molar-refractivity contribution in [1.82, 2.24) is 20.2 Å². The molecule has 2 aromatic carbocycles. The van der Waals surface area contributed by atoms with Crippen LogP contribution in [0.25, 0.3) is 11.0 Å². The Bertz CT molecular complexity index is 930. The Balaban J connectivity index is 0.00000300. The zero-order chi connectivity index (χ0) is 19.8. The van der Waals surface area contributed by atoms with E-state index < -0.39 is 0 Å². The van der Waals surface area contributed by atoms with Gasteiger partial charge in [0.2, 0.25) is 0 Å². The van der Waals surface area contributed by atoms with Crippen LogP contribution in [0.4, 0.5) is 4.39 Å². The van der Waals surface area contributed by atoms with Gasteiger partial charge in [0.05, 0.1) is 23.9 Å². The summed E-state index contributed by atoms with van der Waals surface area (Å²) in [5, 5.41) is 6.49. The van der Waals surface area contributed by atoms with Crippen LogP contribution in [-0.4, -0.2) is 41.8 Å². The van der Waals surface area contributed by atoms with Crippen molar-refractivity contribution in [3.8, 4) is 5.75 Å². The second kappa shape index (κ2) is 11.6. The Morgan fingerprint density at radius 2 is 1.93 bits per heavy atom. The van der Waals surface area contributed by atoms with Gasteiger partial charge in [-0.2, -0.15) is 0 Å². The van der Waals surface area contributed by atoms with Crippen LogP contribution in [0.5, 0.6) is 5.75 Å². The molecule has 2 N–H and O–H groups in total. The Labute approximate surface area is 187 Å². The first-order valence-electron chi connectivity index (χ1n) is 9.43. The number of guanidine groups is 1. The number of halogens is 2. The van der Waals surface area contributed by atoms with Crippen LogP contribution in [0.1, 0.15) is 13.3 Å². The number of nitrogens with zero attached hydrogens (tertiary/aromatic N) is 3. The fraction of sp³-hybridized carbons (Fsp3) is 0.333. The molecule has 0 amide bonds. The molecule has 1 unspecified atom stereocenters. The number of para-hydroxylation sites is 3. The molecule has 0 aliphatic rings. The average Bonchev–Trinajstić information content (AvgIpc) is 3.12. The molecule has 0 saturated carbocycles. The molecule has 0 spiro atoms. The highest BCUT2D eigenvalue weighted by atomic mass is 127.